The van der Waals surface area contributed by atoms with E-state index in [0.717, 1.165) is 6.07 Å². The Morgan fingerprint density at radius 1 is 1.23 bits per heavy atom. The number of amides is 2. The predicted molar refractivity (Wildman–Crippen MR) is 144 cm³/mol. The molecule has 0 saturated carbocycles. The summed E-state index contributed by atoms with van der Waals surface area (Å²) in [5.74, 6) is -2.79. The van der Waals surface area contributed by atoms with Crippen LogP contribution in [0.1, 0.15) is 39.1 Å². The number of carbonyl (C=O) groups excluding carboxylic acids is 2. The van der Waals surface area contributed by atoms with Crippen LogP contribution in [0, 0.1) is 5.82 Å². The molecule has 13 heteroatoms. The minimum Gasteiger partial charge on any atom is -0.420 e. The van der Waals surface area contributed by atoms with E-state index in [-0.39, 0.29) is 34.5 Å². The number of aromatic nitrogens is 2. The Morgan fingerprint density at radius 2 is 1.90 bits per heavy atom. The second-order valence-electron chi connectivity index (χ2n) is 10.4. The number of halogens is 2. The standard InChI is InChI=1S/C26H29ClFN5O5S/c1-14(29-5)22(34)30-19-13-39(36,37)21-11-18(28)17(23-31-32-25(38-23)26(2,3)4)10-20(21)33(24(19)35)12-15-6-8-16(27)9-7-15/h6-11,14,19,29H,12-13H2,1-5H3,(H,30,34)/t14?,19-/m0/s1. The molecule has 10 nitrogen and oxygen atoms in total. The Labute approximate surface area is 230 Å². The van der Waals surface area contributed by atoms with E-state index < -0.39 is 50.7 Å². The lowest BCUT2D eigenvalue weighted by Crippen LogP contribution is -2.54. The first kappa shape index (κ1) is 28.7. The molecule has 3 aromatic rings. The fourth-order valence-electron chi connectivity index (χ4n) is 3.96. The summed E-state index contributed by atoms with van der Waals surface area (Å²) in [7, 11) is -2.67. The van der Waals surface area contributed by atoms with Crippen molar-refractivity contribution in [2.45, 2.75) is 56.6 Å². The van der Waals surface area contributed by atoms with Crippen LogP contribution in [0.2, 0.25) is 5.02 Å². The topological polar surface area (TPSA) is 134 Å². The Morgan fingerprint density at radius 3 is 2.49 bits per heavy atom. The van der Waals surface area contributed by atoms with Crippen molar-refractivity contribution in [3.8, 4) is 11.5 Å². The van der Waals surface area contributed by atoms with Crippen LogP contribution >= 0.6 is 11.6 Å². The summed E-state index contributed by atoms with van der Waals surface area (Å²) in [6.07, 6.45) is 0. The molecule has 0 spiro atoms. The number of nitrogens with one attached hydrogen (secondary N) is 2. The number of anilines is 1. The smallest absolute Gasteiger partial charge is 0.250 e. The van der Waals surface area contributed by atoms with Crippen molar-refractivity contribution in [3.63, 3.8) is 0 Å². The molecule has 2 atom stereocenters. The molecule has 208 valence electrons. The average molecular weight is 578 g/mol. The Balaban J connectivity index is 1.87. The maximum absolute atomic E-state index is 15.4. The number of fused-ring (bicyclic) bond motifs is 1. The van der Waals surface area contributed by atoms with Gasteiger partial charge in [-0.05, 0) is 43.8 Å². The number of benzene rings is 2. The number of carbonyl (C=O) groups is 2. The molecule has 39 heavy (non-hydrogen) atoms. The van der Waals surface area contributed by atoms with Crippen LogP contribution in [0.5, 0.6) is 0 Å². The van der Waals surface area contributed by atoms with Gasteiger partial charge in [0.05, 0.1) is 34.5 Å². The summed E-state index contributed by atoms with van der Waals surface area (Å²) in [5.41, 5.74) is -0.110. The normalized spacial score (nSPS) is 17.9. The Hall–Kier alpha value is -3.35. The van der Waals surface area contributed by atoms with Gasteiger partial charge in [-0.1, -0.05) is 44.5 Å². The molecular weight excluding hydrogens is 549 g/mol. The minimum absolute atomic E-state index is 0.0692. The summed E-state index contributed by atoms with van der Waals surface area (Å²) >= 11 is 6.01. The summed E-state index contributed by atoms with van der Waals surface area (Å²) in [6.45, 7) is 7.04. The van der Waals surface area contributed by atoms with E-state index in [1.54, 1.807) is 38.2 Å². The number of rotatable bonds is 6. The summed E-state index contributed by atoms with van der Waals surface area (Å²) in [5, 5.41) is 13.7. The van der Waals surface area contributed by atoms with E-state index >= 15 is 4.39 Å². The van der Waals surface area contributed by atoms with Crippen molar-refractivity contribution < 1.29 is 26.8 Å². The number of nitrogens with zero attached hydrogens (tertiary/aromatic N) is 3. The maximum atomic E-state index is 15.4. The van der Waals surface area contributed by atoms with Crippen LogP contribution in [-0.2, 0) is 31.4 Å². The third-order valence-corrected chi connectivity index (χ3v) is 8.34. The Bertz CT molecular complexity index is 1520. The SMILES string of the molecule is CNC(C)C(=O)N[C@H]1CS(=O)(=O)c2cc(F)c(-c3nnc(C(C)(C)C)o3)cc2N(Cc2ccc(Cl)cc2)C1=O. The largest absolute Gasteiger partial charge is 0.420 e. The van der Waals surface area contributed by atoms with Crippen LogP contribution in [0.15, 0.2) is 45.7 Å². The van der Waals surface area contributed by atoms with Gasteiger partial charge in [0, 0.05) is 10.4 Å². The molecule has 1 unspecified atom stereocenters. The van der Waals surface area contributed by atoms with Gasteiger partial charge in [0.1, 0.15) is 11.9 Å². The van der Waals surface area contributed by atoms with Crippen LogP contribution in [0.3, 0.4) is 0 Å². The van der Waals surface area contributed by atoms with Crippen molar-refractivity contribution in [1.29, 1.82) is 0 Å². The molecule has 0 bridgehead atoms. The highest BCUT2D eigenvalue weighted by molar-refractivity contribution is 7.91. The fourth-order valence-corrected chi connectivity index (χ4v) is 5.70. The van der Waals surface area contributed by atoms with Gasteiger partial charge in [-0.15, -0.1) is 10.2 Å². The highest BCUT2D eigenvalue weighted by Gasteiger charge is 2.40. The molecule has 1 aromatic heterocycles. The lowest BCUT2D eigenvalue weighted by molar-refractivity contribution is -0.128. The van der Waals surface area contributed by atoms with Gasteiger partial charge >= 0.3 is 0 Å². The summed E-state index contributed by atoms with van der Waals surface area (Å²) in [6, 6.07) is 6.60. The highest BCUT2D eigenvalue weighted by Crippen LogP contribution is 2.38. The van der Waals surface area contributed by atoms with E-state index in [2.05, 4.69) is 20.8 Å². The third-order valence-electron chi connectivity index (χ3n) is 6.32. The van der Waals surface area contributed by atoms with Crippen LogP contribution in [0.4, 0.5) is 10.1 Å². The van der Waals surface area contributed by atoms with Gasteiger partial charge < -0.3 is 20.0 Å². The van der Waals surface area contributed by atoms with Crippen molar-refractivity contribution in [2.24, 2.45) is 0 Å². The van der Waals surface area contributed by atoms with E-state index in [1.807, 2.05) is 20.8 Å². The lowest BCUT2D eigenvalue weighted by atomic mass is 9.97. The molecule has 2 N–H and O–H groups in total. The van der Waals surface area contributed by atoms with E-state index in [1.165, 1.54) is 11.0 Å². The van der Waals surface area contributed by atoms with E-state index in [0.29, 0.717) is 10.6 Å². The van der Waals surface area contributed by atoms with Crippen molar-refractivity contribution >= 4 is 38.9 Å². The minimum atomic E-state index is -4.24. The average Bonchev–Trinajstić information content (AvgIpc) is 3.35. The number of hydrogen-bond donors (Lipinski definition) is 2. The number of likely N-dealkylation sites (N-methyl/N-ethyl adjacent to an activating group) is 1. The first-order chi connectivity index (χ1) is 18.2. The van der Waals surface area contributed by atoms with Gasteiger partial charge in [-0.25, -0.2) is 12.8 Å². The first-order valence-corrected chi connectivity index (χ1v) is 14.2. The highest BCUT2D eigenvalue weighted by atomic mass is 35.5. The van der Waals surface area contributed by atoms with Crippen LogP contribution in [0.25, 0.3) is 11.5 Å². The molecule has 0 saturated heterocycles. The van der Waals surface area contributed by atoms with Gasteiger partial charge in [0.2, 0.25) is 11.8 Å². The van der Waals surface area contributed by atoms with Crippen molar-refractivity contribution in [1.82, 2.24) is 20.8 Å². The molecule has 4 rings (SSSR count). The molecule has 0 fully saturated rings. The zero-order chi connectivity index (χ0) is 28.7. The predicted octanol–water partition coefficient (Wildman–Crippen LogP) is 3.24. The summed E-state index contributed by atoms with van der Waals surface area (Å²) < 4.78 is 48.0. The molecule has 2 heterocycles. The maximum Gasteiger partial charge on any atom is 0.250 e. The fraction of sp³-hybridized carbons (Fsp3) is 0.385. The van der Waals surface area contributed by atoms with Crippen molar-refractivity contribution in [2.75, 3.05) is 17.7 Å². The molecule has 0 aliphatic carbocycles. The zero-order valence-corrected chi connectivity index (χ0v) is 23.7. The molecule has 1 aliphatic heterocycles. The van der Waals surface area contributed by atoms with Crippen LogP contribution in [-0.4, -0.2) is 55.3 Å². The van der Waals surface area contributed by atoms with Gasteiger partial charge in [-0.2, -0.15) is 0 Å². The zero-order valence-electron chi connectivity index (χ0n) is 22.1. The van der Waals surface area contributed by atoms with Gasteiger partial charge in [-0.3, -0.25) is 9.59 Å². The van der Waals surface area contributed by atoms with Crippen molar-refractivity contribution in [3.05, 3.63) is 58.7 Å². The molecule has 0 radical (unpaired) electrons. The summed E-state index contributed by atoms with van der Waals surface area (Å²) in [4.78, 5) is 27.3. The quantitative estimate of drug-likeness (QED) is 0.456. The van der Waals surface area contributed by atoms with E-state index in [9.17, 15) is 18.0 Å². The third kappa shape index (κ3) is 5.97. The van der Waals surface area contributed by atoms with Crippen LogP contribution < -0.4 is 15.5 Å². The molecular formula is C26H29ClFN5O5S. The first-order valence-electron chi connectivity index (χ1n) is 12.2. The Kier molecular flexibility index (Phi) is 7.84. The second kappa shape index (κ2) is 10.7. The van der Waals surface area contributed by atoms with Gasteiger partial charge in [0.15, 0.2) is 9.84 Å². The molecule has 2 aromatic carbocycles. The lowest BCUT2D eigenvalue weighted by Gasteiger charge is -2.26. The number of hydrogen-bond acceptors (Lipinski definition) is 8. The van der Waals surface area contributed by atoms with E-state index in [4.69, 9.17) is 16.0 Å². The molecule has 2 amide bonds. The number of sulfone groups is 1. The second-order valence-corrected chi connectivity index (χ2v) is 12.8. The monoisotopic (exact) mass is 577 g/mol. The van der Waals surface area contributed by atoms with Gasteiger partial charge in [0.25, 0.3) is 11.8 Å². The molecule has 1 aliphatic rings.